The predicted octanol–water partition coefficient (Wildman–Crippen LogP) is 9.00. The maximum Gasteiger partial charge on any atom is 0.501 e. The fraction of sp³-hybridized carbons (Fsp3) is 0.403. The molecule has 460 valence electrons. The second kappa shape index (κ2) is 24.7. The number of alkyl halides is 3. The molecular weight excluding hydrogens is 1210 g/mol. The fourth-order valence-corrected chi connectivity index (χ4v) is 15.9. The highest BCUT2D eigenvalue weighted by atomic mass is 35.5. The number of amides is 5. The Morgan fingerprint density at radius 3 is 2.16 bits per heavy atom. The number of sulfonamides is 1. The maximum atomic E-state index is 15.7. The van der Waals surface area contributed by atoms with E-state index >= 15 is 4.39 Å². The van der Waals surface area contributed by atoms with Gasteiger partial charge >= 0.3 is 5.51 Å². The number of carbonyl (C=O) groups is 5. The van der Waals surface area contributed by atoms with Crippen molar-refractivity contribution in [2.75, 3.05) is 68.3 Å². The number of hydrogen-bond acceptors (Lipinski definition) is 15. The van der Waals surface area contributed by atoms with Gasteiger partial charge in [0.25, 0.3) is 37.6 Å². The van der Waals surface area contributed by atoms with Gasteiger partial charge in [0.2, 0.25) is 11.8 Å². The summed E-state index contributed by atoms with van der Waals surface area (Å²) in [6, 6.07) is 26.2. The first-order chi connectivity index (χ1) is 41.3. The summed E-state index contributed by atoms with van der Waals surface area (Å²) >= 11 is 7.59. The van der Waals surface area contributed by atoms with Crippen LogP contribution in [0.3, 0.4) is 0 Å². The quantitative estimate of drug-likeness (QED) is 0.0401. The number of benzene rings is 5. The van der Waals surface area contributed by atoms with E-state index in [0.717, 1.165) is 79.0 Å². The van der Waals surface area contributed by atoms with Crippen LogP contribution in [-0.2, 0) is 36.0 Å². The molecule has 5 fully saturated rings. The Morgan fingerprint density at radius 1 is 0.816 bits per heavy atom. The zero-order valence-corrected chi connectivity index (χ0v) is 51.0. The zero-order chi connectivity index (χ0) is 61.7. The predicted molar refractivity (Wildman–Crippen MR) is 322 cm³/mol. The van der Waals surface area contributed by atoms with E-state index in [1.807, 2.05) is 52.1 Å². The molecule has 12 rings (SSSR count). The van der Waals surface area contributed by atoms with E-state index in [1.54, 1.807) is 12.1 Å². The SMILES string of the molecule is CC1(C)CCC(c2ccc(Cl)cc2)=C(CN2CCN(c3ccc(C(=O)NS(=O)(=O)c4ccc(N[C@H](CCN5C6CC5CN(Cc5cc7c(cc5F)C(=O)N(C5CCC(=O)NC5=O)C7=O)C6)CSc5ccccc5)c(S(=O)(=O)C(F)(F)F)c4)cc3)CC2)C1. The molecular formula is C62H65ClF4N8O9S3. The summed E-state index contributed by atoms with van der Waals surface area (Å²) in [7, 11) is -11.1. The molecule has 1 aliphatic carbocycles. The standard InChI is InChI=1S/C62H65ClF4N8O9S3/c1-61(2)22-20-49(38-8-12-42(63)13-9-38)41(32-61)34-71-24-26-73(27-25-71)44-14-10-39(11-15-44)57(77)70-87(83,84)48-16-17-53(55(30-48)86(81,82)62(65,66)67)68-43(37-85-47-6-4-3-5-7-47)21-23-74-45-29-46(74)36-72(35-45)33-40-28-50-51(31-52(40)64)60(80)75(59(50)79)54-18-19-56(76)69-58(54)78/h3-17,28,30-31,43,45-46,54,68H,18-27,29,32-37H2,1-2H3,(H,70,77)(H,69,76,78)/t43-,45?,46?,54?/m1/s1. The molecule has 0 aromatic heterocycles. The number of piperidine rings is 2. The fourth-order valence-electron chi connectivity index (χ4n) is 12.8. The van der Waals surface area contributed by atoms with E-state index in [1.165, 1.54) is 46.7 Å². The van der Waals surface area contributed by atoms with Gasteiger partial charge < -0.3 is 10.2 Å². The number of thioether (sulfide) groups is 1. The minimum absolute atomic E-state index is 0.0195. The van der Waals surface area contributed by atoms with Gasteiger partial charge in [-0.05, 0) is 134 Å². The van der Waals surface area contributed by atoms with E-state index in [-0.39, 0.29) is 64.9 Å². The molecule has 87 heavy (non-hydrogen) atoms. The molecule has 4 atom stereocenters. The van der Waals surface area contributed by atoms with Crippen LogP contribution < -0.4 is 20.3 Å². The van der Waals surface area contributed by atoms with E-state index < -0.39 is 88.3 Å². The number of rotatable bonds is 19. The third-order valence-corrected chi connectivity index (χ3v) is 21.7. The summed E-state index contributed by atoms with van der Waals surface area (Å²) in [6.45, 7) is 9.89. The van der Waals surface area contributed by atoms with Crippen molar-refractivity contribution >= 4 is 89.7 Å². The van der Waals surface area contributed by atoms with Gasteiger partial charge in [0, 0.05) is 116 Å². The summed E-state index contributed by atoms with van der Waals surface area (Å²) in [4.78, 5) is 72.9. The monoisotopic (exact) mass is 1270 g/mol. The van der Waals surface area contributed by atoms with Gasteiger partial charge in [-0.2, -0.15) is 13.2 Å². The molecule has 3 N–H and O–H groups in total. The van der Waals surface area contributed by atoms with Crippen LogP contribution in [-0.4, -0.2) is 154 Å². The smallest absolute Gasteiger partial charge is 0.380 e. The molecule has 6 aliphatic heterocycles. The molecule has 6 heterocycles. The summed E-state index contributed by atoms with van der Waals surface area (Å²) in [5.74, 6) is -4.40. The highest BCUT2D eigenvalue weighted by Gasteiger charge is 2.50. The first kappa shape index (κ1) is 62.0. The molecule has 2 bridgehead atoms. The van der Waals surface area contributed by atoms with Gasteiger partial charge in [0.15, 0.2) is 0 Å². The lowest BCUT2D eigenvalue weighted by Gasteiger charge is -2.57. The minimum Gasteiger partial charge on any atom is -0.380 e. The Hall–Kier alpha value is -6.67. The summed E-state index contributed by atoms with van der Waals surface area (Å²) < 4.78 is 116. The van der Waals surface area contributed by atoms with Gasteiger partial charge in [0.1, 0.15) is 16.8 Å². The molecule has 3 unspecified atom stereocenters. The van der Waals surface area contributed by atoms with Crippen molar-refractivity contribution in [1.29, 1.82) is 0 Å². The lowest BCUT2D eigenvalue weighted by atomic mass is 9.73. The van der Waals surface area contributed by atoms with Crippen LogP contribution in [0.5, 0.6) is 0 Å². The van der Waals surface area contributed by atoms with Gasteiger partial charge in [-0.3, -0.25) is 48.9 Å². The third kappa shape index (κ3) is 13.4. The number of anilines is 2. The summed E-state index contributed by atoms with van der Waals surface area (Å²) in [5.41, 5.74) is -1.42. The van der Waals surface area contributed by atoms with Crippen molar-refractivity contribution in [2.24, 2.45) is 5.41 Å². The Kier molecular flexibility index (Phi) is 17.6. The van der Waals surface area contributed by atoms with Crippen molar-refractivity contribution in [3.05, 3.63) is 153 Å². The number of carbonyl (C=O) groups excluding carboxylic acids is 5. The molecule has 5 aromatic carbocycles. The Bertz CT molecular complexity index is 3780. The normalized spacial score (nSPS) is 21.6. The first-order valence-corrected chi connectivity index (χ1v) is 33.2. The van der Waals surface area contributed by atoms with E-state index in [2.05, 4.69) is 51.3 Å². The number of allylic oxidation sites excluding steroid dienone is 1. The van der Waals surface area contributed by atoms with Gasteiger partial charge in [0.05, 0.1) is 21.7 Å². The highest BCUT2D eigenvalue weighted by molar-refractivity contribution is 7.99. The average Bonchev–Trinajstić information content (AvgIpc) is 1.82. The zero-order valence-electron chi connectivity index (χ0n) is 47.7. The van der Waals surface area contributed by atoms with Crippen molar-refractivity contribution in [3.8, 4) is 0 Å². The van der Waals surface area contributed by atoms with E-state index in [4.69, 9.17) is 11.6 Å². The number of imide groups is 2. The molecule has 0 radical (unpaired) electrons. The van der Waals surface area contributed by atoms with Crippen LogP contribution in [0.1, 0.15) is 101 Å². The Balaban J connectivity index is 0.734. The van der Waals surface area contributed by atoms with Crippen molar-refractivity contribution in [2.45, 2.75) is 110 Å². The number of hydrogen-bond donors (Lipinski definition) is 3. The number of halogens is 5. The Labute approximate surface area is 511 Å². The third-order valence-electron chi connectivity index (χ3n) is 17.4. The van der Waals surface area contributed by atoms with Gasteiger partial charge in [-0.15, -0.1) is 11.8 Å². The van der Waals surface area contributed by atoms with E-state index in [9.17, 15) is 54.0 Å². The Morgan fingerprint density at radius 2 is 1.49 bits per heavy atom. The van der Waals surface area contributed by atoms with Gasteiger partial charge in [-0.1, -0.05) is 61.4 Å². The largest absolute Gasteiger partial charge is 0.501 e. The lowest BCUT2D eigenvalue weighted by molar-refractivity contribution is -0.136. The number of sulfone groups is 1. The minimum atomic E-state index is -6.19. The second-order valence-corrected chi connectivity index (χ2v) is 29.1. The molecule has 0 spiro atoms. The van der Waals surface area contributed by atoms with Crippen LogP contribution >= 0.6 is 23.4 Å². The molecule has 25 heteroatoms. The number of nitrogens with one attached hydrogen (secondary N) is 3. The van der Waals surface area contributed by atoms with Crippen molar-refractivity contribution in [3.63, 3.8) is 0 Å². The van der Waals surface area contributed by atoms with Crippen LogP contribution in [0.25, 0.3) is 5.57 Å². The van der Waals surface area contributed by atoms with Crippen molar-refractivity contribution in [1.82, 2.24) is 29.6 Å². The summed E-state index contributed by atoms with van der Waals surface area (Å²) in [6.07, 6.45) is 4.06. The molecule has 7 aliphatic rings. The average molecular weight is 1270 g/mol. The van der Waals surface area contributed by atoms with Crippen LogP contribution in [0.4, 0.5) is 28.9 Å². The topological polar surface area (TPSA) is 206 Å². The molecule has 17 nitrogen and oxygen atoms in total. The molecule has 5 saturated heterocycles. The number of nitrogens with zero attached hydrogens (tertiary/aromatic N) is 5. The molecule has 5 aromatic rings. The van der Waals surface area contributed by atoms with Crippen LogP contribution in [0.15, 0.2) is 129 Å². The number of fused-ring (bicyclic) bond motifs is 3. The summed E-state index contributed by atoms with van der Waals surface area (Å²) in [5, 5.41) is 5.85. The first-order valence-electron chi connectivity index (χ1n) is 28.8. The number of piperazine rings is 2. The maximum absolute atomic E-state index is 15.7. The molecule has 0 saturated carbocycles. The van der Waals surface area contributed by atoms with Crippen LogP contribution in [0.2, 0.25) is 5.02 Å². The van der Waals surface area contributed by atoms with Gasteiger partial charge in [-0.25, -0.2) is 25.9 Å². The van der Waals surface area contributed by atoms with Crippen molar-refractivity contribution < 1.29 is 58.4 Å². The van der Waals surface area contributed by atoms with Crippen LogP contribution in [0, 0.1) is 11.2 Å². The second-order valence-electron chi connectivity index (χ2n) is 23.9. The van der Waals surface area contributed by atoms with E-state index in [0.29, 0.717) is 50.2 Å². The molecule has 5 amide bonds. The lowest BCUT2D eigenvalue weighted by Crippen LogP contribution is -2.68. The highest BCUT2D eigenvalue weighted by Crippen LogP contribution is 2.44.